The number of carbonyl (C=O) groups excluding carboxylic acids is 1. The van der Waals surface area contributed by atoms with Gasteiger partial charge in [0.15, 0.2) is 0 Å². The average Bonchev–Trinajstić information content (AvgIpc) is 2.94. The van der Waals surface area contributed by atoms with Crippen molar-refractivity contribution in [2.24, 2.45) is 0 Å². The molecule has 0 aliphatic carbocycles. The quantitative estimate of drug-likeness (QED) is 0.775. The predicted molar refractivity (Wildman–Crippen MR) is 93.9 cm³/mol. The summed E-state index contributed by atoms with van der Waals surface area (Å²) in [6.07, 6.45) is 3.62. The fourth-order valence-corrected chi connectivity index (χ4v) is 2.69. The first-order chi connectivity index (χ1) is 11.1. The van der Waals surface area contributed by atoms with Crippen LogP contribution >= 0.6 is 0 Å². The SMILES string of the molecule is CCn1cc(C(=O)Nc2ccc(C(C)C)cc2)c2cccnc21. The zero-order valence-corrected chi connectivity index (χ0v) is 13.7. The van der Waals surface area contributed by atoms with E-state index in [2.05, 4.69) is 36.3 Å². The minimum atomic E-state index is -0.104. The highest BCUT2D eigenvalue weighted by Crippen LogP contribution is 2.22. The number of nitrogens with zero attached hydrogens (tertiary/aromatic N) is 2. The van der Waals surface area contributed by atoms with E-state index >= 15 is 0 Å². The second kappa shape index (κ2) is 6.24. The van der Waals surface area contributed by atoms with Crippen molar-refractivity contribution in [1.82, 2.24) is 9.55 Å². The van der Waals surface area contributed by atoms with Crippen LogP contribution in [0, 0.1) is 0 Å². The summed E-state index contributed by atoms with van der Waals surface area (Å²) in [5.41, 5.74) is 3.56. The van der Waals surface area contributed by atoms with Gasteiger partial charge in [0.05, 0.1) is 5.56 Å². The van der Waals surface area contributed by atoms with Crippen molar-refractivity contribution in [2.45, 2.75) is 33.2 Å². The van der Waals surface area contributed by atoms with Crippen molar-refractivity contribution in [2.75, 3.05) is 5.32 Å². The Labute approximate surface area is 136 Å². The lowest BCUT2D eigenvalue weighted by Crippen LogP contribution is -2.11. The molecule has 118 valence electrons. The fourth-order valence-electron chi connectivity index (χ4n) is 2.69. The summed E-state index contributed by atoms with van der Waals surface area (Å²) in [5.74, 6) is 0.376. The molecule has 4 heteroatoms. The smallest absolute Gasteiger partial charge is 0.257 e. The number of pyridine rings is 1. The van der Waals surface area contributed by atoms with E-state index in [4.69, 9.17) is 0 Å². The Morgan fingerprint density at radius 1 is 1.22 bits per heavy atom. The number of aryl methyl sites for hydroxylation is 1. The maximum absolute atomic E-state index is 12.6. The molecule has 0 atom stereocenters. The molecule has 0 fully saturated rings. The molecule has 0 unspecified atom stereocenters. The summed E-state index contributed by atoms with van der Waals surface area (Å²) < 4.78 is 1.99. The van der Waals surface area contributed by atoms with Crippen molar-refractivity contribution < 1.29 is 4.79 Å². The van der Waals surface area contributed by atoms with E-state index < -0.39 is 0 Å². The van der Waals surface area contributed by atoms with Gasteiger partial charge in [-0.25, -0.2) is 4.98 Å². The van der Waals surface area contributed by atoms with Crippen molar-refractivity contribution in [1.29, 1.82) is 0 Å². The van der Waals surface area contributed by atoms with Crippen molar-refractivity contribution in [3.63, 3.8) is 0 Å². The first-order valence-electron chi connectivity index (χ1n) is 7.95. The molecule has 1 N–H and O–H groups in total. The summed E-state index contributed by atoms with van der Waals surface area (Å²) in [6, 6.07) is 11.8. The molecule has 3 rings (SSSR count). The molecule has 2 aromatic heterocycles. The van der Waals surface area contributed by atoms with E-state index in [-0.39, 0.29) is 5.91 Å². The maximum atomic E-state index is 12.6. The molecule has 4 nitrogen and oxygen atoms in total. The Kier molecular flexibility index (Phi) is 4.15. The number of fused-ring (bicyclic) bond motifs is 1. The van der Waals surface area contributed by atoms with Gasteiger partial charge in [-0.05, 0) is 42.7 Å². The van der Waals surface area contributed by atoms with E-state index in [1.54, 1.807) is 6.20 Å². The lowest BCUT2D eigenvalue weighted by Gasteiger charge is -2.08. The Morgan fingerprint density at radius 2 is 1.96 bits per heavy atom. The summed E-state index contributed by atoms with van der Waals surface area (Å²) in [6.45, 7) is 7.13. The summed E-state index contributed by atoms with van der Waals surface area (Å²) in [4.78, 5) is 17.0. The Morgan fingerprint density at radius 3 is 2.61 bits per heavy atom. The van der Waals surface area contributed by atoms with Gasteiger partial charge in [-0.1, -0.05) is 26.0 Å². The van der Waals surface area contributed by atoms with Crippen LogP contribution in [0.1, 0.15) is 42.6 Å². The number of aromatic nitrogens is 2. The van der Waals surface area contributed by atoms with Gasteiger partial charge in [-0.15, -0.1) is 0 Å². The monoisotopic (exact) mass is 307 g/mol. The molecule has 3 aromatic rings. The van der Waals surface area contributed by atoms with E-state index in [1.165, 1.54) is 5.56 Å². The fraction of sp³-hybridized carbons (Fsp3) is 0.263. The molecule has 23 heavy (non-hydrogen) atoms. The molecule has 1 aromatic carbocycles. The van der Waals surface area contributed by atoms with E-state index in [0.717, 1.165) is 23.3 Å². The first-order valence-corrected chi connectivity index (χ1v) is 7.95. The zero-order valence-electron chi connectivity index (χ0n) is 13.7. The number of hydrogen-bond donors (Lipinski definition) is 1. The second-order valence-corrected chi connectivity index (χ2v) is 5.93. The standard InChI is InChI=1S/C19H21N3O/c1-4-22-12-17(16-6-5-11-20-18(16)22)19(23)21-15-9-7-14(8-10-15)13(2)3/h5-13H,4H2,1-3H3,(H,21,23). The van der Waals surface area contributed by atoms with Crippen LogP contribution in [0.25, 0.3) is 11.0 Å². The van der Waals surface area contributed by atoms with Gasteiger partial charge in [0, 0.05) is 30.0 Å². The number of anilines is 1. The van der Waals surface area contributed by atoms with Crippen LogP contribution in [-0.4, -0.2) is 15.5 Å². The number of nitrogens with one attached hydrogen (secondary N) is 1. The van der Waals surface area contributed by atoms with Gasteiger partial charge in [-0.2, -0.15) is 0 Å². The normalized spacial score (nSPS) is 11.1. The van der Waals surface area contributed by atoms with Gasteiger partial charge in [0.25, 0.3) is 5.91 Å². The van der Waals surface area contributed by atoms with Crippen LogP contribution in [0.5, 0.6) is 0 Å². The summed E-state index contributed by atoms with van der Waals surface area (Å²) >= 11 is 0. The van der Waals surface area contributed by atoms with Crippen molar-refractivity contribution in [3.05, 3.63) is 59.9 Å². The summed E-state index contributed by atoms with van der Waals surface area (Å²) in [5, 5.41) is 3.85. The average molecular weight is 307 g/mol. The van der Waals surface area contributed by atoms with Crippen LogP contribution < -0.4 is 5.32 Å². The lowest BCUT2D eigenvalue weighted by atomic mass is 10.0. The van der Waals surface area contributed by atoms with Crippen LogP contribution in [0.15, 0.2) is 48.8 Å². The Bertz CT molecular complexity index is 831. The largest absolute Gasteiger partial charge is 0.332 e. The number of rotatable bonds is 4. The van der Waals surface area contributed by atoms with Crippen LogP contribution in [0.4, 0.5) is 5.69 Å². The highest BCUT2D eigenvalue weighted by atomic mass is 16.1. The Balaban J connectivity index is 1.89. The molecule has 0 radical (unpaired) electrons. The van der Waals surface area contributed by atoms with Gasteiger partial charge in [0.2, 0.25) is 0 Å². The first kappa shape index (κ1) is 15.3. The lowest BCUT2D eigenvalue weighted by molar-refractivity contribution is 0.102. The second-order valence-electron chi connectivity index (χ2n) is 5.93. The predicted octanol–water partition coefficient (Wildman–Crippen LogP) is 4.43. The third-order valence-corrected chi connectivity index (χ3v) is 4.05. The number of hydrogen-bond acceptors (Lipinski definition) is 2. The minimum Gasteiger partial charge on any atom is -0.332 e. The molecule has 1 amide bonds. The highest BCUT2D eigenvalue weighted by molar-refractivity contribution is 6.12. The van der Waals surface area contributed by atoms with Gasteiger partial charge in [-0.3, -0.25) is 4.79 Å². The van der Waals surface area contributed by atoms with Gasteiger partial charge >= 0.3 is 0 Å². The van der Waals surface area contributed by atoms with Gasteiger partial charge in [0.1, 0.15) is 5.65 Å². The van der Waals surface area contributed by atoms with Gasteiger partial charge < -0.3 is 9.88 Å². The maximum Gasteiger partial charge on any atom is 0.257 e. The number of benzene rings is 1. The third kappa shape index (κ3) is 2.97. The molecule has 0 saturated carbocycles. The van der Waals surface area contributed by atoms with Crippen molar-refractivity contribution in [3.8, 4) is 0 Å². The molecule has 0 bridgehead atoms. The van der Waals surface area contributed by atoms with Crippen molar-refractivity contribution >= 4 is 22.6 Å². The zero-order chi connectivity index (χ0) is 16.4. The molecule has 0 spiro atoms. The molecule has 2 heterocycles. The van der Waals surface area contributed by atoms with Crippen LogP contribution in [0.3, 0.4) is 0 Å². The topological polar surface area (TPSA) is 46.9 Å². The molecular weight excluding hydrogens is 286 g/mol. The number of carbonyl (C=O) groups is 1. The molecule has 0 aliphatic heterocycles. The van der Waals surface area contributed by atoms with E-state index in [9.17, 15) is 4.79 Å². The number of amides is 1. The summed E-state index contributed by atoms with van der Waals surface area (Å²) in [7, 11) is 0. The third-order valence-electron chi connectivity index (χ3n) is 4.05. The van der Waals surface area contributed by atoms with E-state index in [0.29, 0.717) is 11.5 Å². The molecule has 0 saturated heterocycles. The molecule has 0 aliphatic rings. The highest BCUT2D eigenvalue weighted by Gasteiger charge is 2.15. The Hall–Kier alpha value is -2.62. The van der Waals surface area contributed by atoms with Crippen LogP contribution in [0.2, 0.25) is 0 Å². The van der Waals surface area contributed by atoms with E-state index in [1.807, 2.05) is 42.0 Å². The van der Waals surface area contributed by atoms with Crippen LogP contribution in [-0.2, 0) is 6.54 Å². The molecular formula is C19H21N3O. The minimum absolute atomic E-state index is 0.104.